The van der Waals surface area contributed by atoms with E-state index in [1.54, 1.807) is 6.07 Å². The van der Waals surface area contributed by atoms with E-state index in [1.165, 1.54) is 6.07 Å². The Morgan fingerprint density at radius 3 is 2.67 bits per heavy atom. The number of hydrogen-bond donors (Lipinski definition) is 2. The molecule has 0 radical (unpaired) electrons. The summed E-state index contributed by atoms with van der Waals surface area (Å²) in [6.07, 6.45) is 0. The molecule has 0 amide bonds. The van der Waals surface area contributed by atoms with Crippen molar-refractivity contribution < 1.29 is 4.39 Å². The van der Waals surface area contributed by atoms with Gasteiger partial charge in [0.05, 0.1) is 12.2 Å². The number of halogens is 1. The SMILES string of the molecule is Cc1ccc(NCc2n[nH]nc2-c2ccccc2)c(F)c1. The molecule has 3 rings (SSSR count). The zero-order chi connectivity index (χ0) is 14.7. The lowest BCUT2D eigenvalue weighted by molar-refractivity contribution is 0.629. The van der Waals surface area contributed by atoms with Gasteiger partial charge in [-0.25, -0.2) is 4.39 Å². The van der Waals surface area contributed by atoms with Gasteiger partial charge < -0.3 is 5.32 Å². The van der Waals surface area contributed by atoms with Crippen molar-refractivity contribution in [3.05, 3.63) is 65.6 Å². The Kier molecular flexibility index (Phi) is 3.64. The Morgan fingerprint density at radius 2 is 1.90 bits per heavy atom. The maximum absolute atomic E-state index is 13.8. The van der Waals surface area contributed by atoms with Crippen molar-refractivity contribution in [1.82, 2.24) is 15.4 Å². The molecule has 4 nitrogen and oxygen atoms in total. The molecule has 3 aromatic rings. The number of nitrogens with zero attached hydrogens (tertiary/aromatic N) is 2. The number of anilines is 1. The van der Waals surface area contributed by atoms with Gasteiger partial charge in [0.15, 0.2) is 0 Å². The molecule has 0 saturated carbocycles. The summed E-state index contributed by atoms with van der Waals surface area (Å²) in [4.78, 5) is 0. The van der Waals surface area contributed by atoms with Crippen LogP contribution in [0.5, 0.6) is 0 Å². The Bertz CT molecular complexity index is 737. The van der Waals surface area contributed by atoms with Gasteiger partial charge in [-0.05, 0) is 24.6 Å². The lowest BCUT2D eigenvalue weighted by atomic mass is 10.1. The predicted octanol–water partition coefficient (Wildman–Crippen LogP) is 3.53. The number of nitrogens with one attached hydrogen (secondary N) is 2. The van der Waals surface area contributed by atoms with Crippen molar-refractivity contribution in [3.8, 4) is 11.3 Å². The van der Waals surface area contributed by atoms with E-state index in [2.05, 4.69) is 20.7 Å². The number of rotatable bonds is 4. The van der Waals surface area contributed by atoms with Gasteiger partial charge in [0.25, 0.3) is 0 Å². The second-order valence-corrected chi connectivity index (χ2v) is 4.82. The van der Waals surface area contributed by atoms with Gasteiger partial charge >= 0.3 is 0 Å². The van der Waals surface area contributed by atoms with Crippen LogP contribution in [0.15, 0.2) is 48.5 Å². The second-order valence-electron chi connectivity index (χ2n) is 4.82. The maximum atomic E-state index is 13.8. The molecule has 0 atom stereocenters. The molecule has 0 spiro atoms. The fourth-order valence-corrected chi connectivity index (χ4v) is 2.15. The Morgan fingerprint density at radius 1 is 1.10 bits per heavy atom. The van der Waals surface area contributed by atoms with Crippen LogP contribution in [-0.4, -0.2) is 15.4 Å². The van der Waals surface area contributed by atoms with Crippen LogP contribution in [-0.2, 0) is 6.54 Å². The molecular formula is C16H15FN4. The third-order valence-corrected chi connectivity index (χ3v) is 3.24. The van der Waals surface area contributed by atoms with Crippen LogP contribution in [0.2, 0.25) is 0 Å². The highest BCUT2D eigenvalue weighted by Gasteiger charge is 2.10. The summed E-state index contributed by atoms with van der Waals surface area (Å²) in [6, 6.07) is 14.9. The molecule has 5 heteroatoms. The molecule has 0 fully saturated rings. The zero-order valence-corrected chi connectivity index (χ0v) is 11.6. The van der Waals surface area contributed by atoms with Crippen molar-refractivity contribution in [2.75, 3.05) is 5.32 Å². The van der Waals surface area contributed by atoms with Gasteiger partial charge in [0, 0.05) is 5.56 Å². The van der Waals surface area contributed by atoms with Crippen LogP contribution in [0, 0.1) is 12.7 Å². The topological polar surface area (TPSA) is 53.6 Å². The number of aryl methyl sites for hydroxylation is 1. The van der Waals surface area contributed by atoms with Crippen LogP contribution in [0.1, 0.15) is 11.3 Å². The highest BCUT2D eigenvalue weighted by atomic mass is 19.1. The Hall–Kier alpha value is -2.69. The normalized spacial score (nSPS) is 10.6. The lowest BCUT2D eigenvalue weighted by Crippen LogP contribution is -2.03. The number of benzene rings is 2. The largest absolute Gasteiger partial charge is 0.377 e. The van der Waals surface area contributed by atoms with Crippen molar-refractivity contribution >= 4 is 5.69 Å². The van der Waals surface area contributed by atoms with Gasteiger partial charge in [0.2, 0.25) is 0 Å². The van der Waals surface area contributed by atoms with E-state index in [-0.39, 0.29) is 5.82 Å². The quantitative estimate of drug-likeness (QED) is 0.769. The fourth-order valence-electron chi connectivity index (χ4n) is 2.15. The van der Waals surface area contributed by atoms with Gasteiger partial charge in [-0.15, -0.1) is 0 Å². The molecule has 106 valence electrons. The molecule has 21 heavy (non-hydrogen) atoms. The minimum atomic E-state index is -0.264. The van der Waals surface area contributed by atoms with E-state index in [1.807, 2.05) is 43.3 Å². The molecule has 0 aliphatic carbocycles. The summed E-state index contributed by atoms with van der Waals surface area (Å²) < 4.78 is 13.8. The summed E-state index contributed by atoms with van der Waals surface area (Å²) in [5.74, 6) is -0.264. The molecule has 0 unspecified atom stereocenters. The fraction of sp³-hybridized carbons (Fsp3) is 0.125. The second kappa shape index (κ2) is 5.75. The smallest absolute Gasteiger partial charge is 0.146 e. The molecule has 0 aliphatic rings. The van der Waals surface area contributed by atoms with Crippen molar-refractivity contribution in [2.24, 2.45) is 0 Å². The first-order valence-corrected chi connectivity index (χ1v) is 6.69. The monoisotopic (exact) mass is 282 g/mol. The summed E-state index contributed by atoms with van der Waals surface area (Å²) in [5.41, 5.74) is 3.86. The summed E-state index contributed by atoms with van der Waals surface area (Å²) >= 11 is 0. The van der Waals surface area contributed by atoms with E-state index in [0.29, 0.717) is 12.2 Å². The number of aromatic amines is 1. The maximum Gasteiger partial charge on any atom is 0.146 e. The number of aromatic nitrogens is 3. The zero-order valence-electron chi connectivity index (χ0n) is 11.6. The summed E-state index contributed by atoms with van der Waals surface area (Å²) in [5, 5.41) is 14.0. The van der Waals surface area contributed by atoms with Crippen LogP contribution in [0.3, 0.4) is 0 Å². The summed E-state index contributed by atoms with van der Waals surface area (Å²) in [6.45, 7) is 2.26. The van der Waals surface area contributed by atoms with E-state index < -0.39 is 0 Å². The highest BCUT2D eigenvalue weighted by molar-refractivity contribution is 5.61. The average molecular weight is 282 g/mol. The summed E-state index contributed by atoms with van der Waals surface area (Å²) in [7, 11) is 0. The van der Waals surface area contributed by atoms with Gasteiger partial charge in [-0.2, -0.15) is 15.4 Å². The highest BCUT2D eigenvalue weighted by Crippen LogP contribution is 2.21. The van der Waals surface area contributed by atoms with Gasteiger partial charge in [-0.1, -0.05) is 36.4 Å². The van der Waals surface area contributed by atoms with E-state index in [9.17, 15) is 4.39 Å². The van der Waals surface area contributed by atoms with Crippen molar-refractivity contribution in [1.29, 1.82) is 0 Å². The number of hydrogen-bond acceptors (Lipinski definition) is 3. The molecular weight excluding hydrogens is 267 g/mol. The molecule has 1 heterocycles. The number of H-pyrrole nitrogens is 1. The first-order valence-electron chi connectivity index (χ1n) is 6.69. The van der Waals surface area contributed by atoms with Gasteiger partial charge in [0.1, 0.15) is 17.2 Å². The average Bonchev–Trinajstić information content (AvgIpc) is 2.96. The molecule has 0 saturated heterocycles. The molecule has 2 aromatic carbocycles. The standard InChI is InChI=1S/C16H15FN4/c1-11-7-8-14(13(17)9-11)18-10-15-16(20-21-19-15)12-5-3-2-4-6-12/h2-9,18H,10H2,1H3,(H,19,20,21). The van der Waals surface area contributed by atoms with Crippen molar-refractivity contribution in [2.45, 2.75) is 13.5 Å². The minimum absolute atomic E-state index is 0.264. The third-order valence-electron chi connectivity index (χ3n) is 3.24. The minimum Gasteiger partial charge on any atom is -0.377 e. The van der Waals surface area contributed by atoms with E-state index >= 15 is 0 Å². The van der Waals surface area contributed by atoms with Crippen LogP contribution < -0.4 is 5.32 Å². The molecule has 0 aliphatic heterocycles. The first-order chi connectivity index (χ1) is 10.2. The van der Waals surface area contributed by atoms with E-state index in [4.69, 9.17) is 0 Å². The van der Waals surface area contributed by atoms with Gasteiger partial charge in [-0.3, -0.25) is 0 Å². The lowest BCUT2D eigenvalue weighted by Gasteiger charge is -2.07. The molecule has 2 N–H and O–H groups in total. The van der Waals surface area contributed by atoms with Crippen LogP contribution in [0.4, 0.5) is 10.1 Å². The van der Waals surface area contributed by atoms with Crippen molar-refractivity contribution in [3.63, 3.8) is 0 Å². The van der Waals surface area contributed by atoms with E-state index in [0.717, 1.165) is 22.5 Å². The predicted molar refractivity (Wildman–Crippen MR) is 80.3 cm³/mol. The van der Waals surface area contributed by atoms with Crippen LogP contribution >= 0.6 is 0 Å². The Labute approximate surface area is 122 Å². The Balaban J connectivity index is 1.79. The molecule has 1 aromatic heterocycles. The first kappa shape index (κ1) is 13.3. The third kappa shape index (κ3) is 2.91. The van der Waals surface area contributed by atoms with Crippen LogP contribution in [0.25, 0.3) is 11.3 Å². The molecule has 0 bridgehead atoms.